The number of carbonyl (C=O) groups is 1. The molecule has 1 aliphatic carbocycles. The summed E-state index contributed by atoms with van der Waals surface area (Å²) in [6, 6.07) is 2.04. The van der Waals surface area contributed by atoms with Crippen molar-refractivity contribution < 1.29 is 4.79 Å². The number of carbonyl (C=O) groups excluding carboxylic acids is 1. The van der Waals surface area contributed by atoms with Crippen LogP contribution in [0.5, 0.6) is 0 Å². The molecular formula is C11H13NO. The number of Topliss-reactive ketones (excluding diaryl/α,β-unsaturated/α-hetero) is 1. The summed E-state index contributed by atoms with van der Waals surface area (Å²) >= 11 is 0. The SMILES string of the molecule is Cc1cc2c(cn1)C(=O)CCC2C. The molecule has 0 saturated heterocycles. The summed E-state index contributed by atoms with van der Waals surface area (Å²) in [4.78, 5) is 15.7. The summed E-state index contributed by atoms with van der Waals surface area (Å²) in [6.45, 7) is 4.14. The zero-order valence-electron chi connectivity index (χ0n) is 8.00. The average molecular weight is 175 g/mol. The summed E-state index contributed by atoms with van der Waals surface area (Å²) in [5, 5.41) is 0. The van der Waals surface area contributed by atoms with E-state index in [1.54, 1.807) is 6.20 Å². The van der Waals surface area contributed by atoms with Crippen LogP contribution in [0.25, 0.3) is 0 Å². The van der Waals surface area contributed by atoms with E-state index >= 15 is 0 Å². The summed E-state index contributed by atoms with van der Waals surface area (Å²) < 4.78 is 0. The van der Waals surface area contributed by atoms with Crippen molar-refractivity contribution in [2.75, 3.05) is 0 Å². The van der Waals surface area contributed by atoms with Crippen LogP contribution in [0.2, 0.25) is 0 Å². The van der Waals surface area contributed by atoms with E-state index in [1.807, 2.05) is 13.0 Å². The van der Waals surface area contributed by atoms with Gasteiger partial charge < -0.3 is 0 Å². The molecule has 1 aliphatic rings. The second-order valence-corrected chi connectivity index (χ2v) is 3.78. The summed E-state index contributed by atoms with van der Waals surface area (Å²) in [5.41, 5.74) is 3.02. The first-order chi connectivity index (χ1) is 6.18. The number of pyridine rings is 1. The zero-order chi connectivity index (χ0) is 9.42. The molecule has 2 nitrogen and oxygen atoms in total. The molecule has 0 saturated carbocycles. The fraction of sp³-hybridized carbons (Fsp3) is 0.455. The highest BCUT2D eigenvalue weighted by Crippen LogP contribution is 2.30. The molecule has 68 valence electrons. The van der Waals surface area contributed by atoms with Crippen LogP contribution in [0.3, 0.4) is 0 Å². The number of hydrogen-bond acceptors (Lipinski definition) is 2. The molecular weight excluding hydrogens is 162 g/mol. The molecule has 0 amide bonds. The van der Waals surface area contributed by atoms with Crippen molar-refractivity contribution in [2.45, 2.75) is 32.6 Å². The fourth-order valence-corrected chi connectivity index (χ4v) is 1.86. The third kappa shape index (κ3) is 1.37. The number of ketones is 1. The van der Waals surface area contributed by atoms with Crippen molar-refractivity contribution >= 4 is 5.78 Å². The molecule has 1 aromatic heterocycles. The largest absolute Gasteiger partial charge is 0.294 e. The predicted molar refractivity (Wildman–Crippen MR) is 51.0 cm³/mol. The van der Waals surface area contributed by atoms with Gasteiger partial charge in [0.2, 0.25) is 0 Å². The van der Waals surface area contributed by atoms with Gasteiger partial charge in [-0.3, -0.25) is 9.78 Å². The lowest BCUT2D eigenvalue weighted by Gasteiger charge is -2.20. The van der Waals surface area contributed by atoms with E-state index in [1.165, 1.54) is 5.56 Å². The summed E-state index contributed by atoms with van der Waals surface area (Å²) in [5.74, 6) is 0.759. The smallest absolute Gasteiger partial charge is 0.164 e. The first-order valence-electron chi connectivity index (χ1n) is 4.68. The van der Waals surface area contributed by atoms with Gasteiger partial charge >= 0.3 is 0 Å². The lowest BCUT2D eigenvalue weighted by Crippen LogP contribution is -2.14. The summed E-state index contributed by atoms with van der Waals surface area (Å²) in [7, 11) is 0. The predicted octanol–water partition coefficient (Wildman–Crippen LogP) is 2.47. The molecule has 0 fully saturated rings. The van der Waals surface area contributed by atoms with E-state index in [4.69, 9.17) is 0 Å². The Morgan fingerprint density at radius 1 is 1.54 bits per heavy atom. The van der Waals surface area contributed by atoms with Gasteiger partial charge in [0.05, 0.1) is 0 Å². The van der Waals surface area contributed by atoms with Crippen molar-refractivity contribution in [3.05, 3.63) is 29.1 Å². The Kier molecular flexibility index (Phi) is 1.91. The molecule has 2 rings (SSSR count). The molecule has 2 heteroatoms. The first kappa shape index (κ1) is 8.42. The molecule has 0 spiro atoms. The van der Waals surface area contributed by atoms with Crippen molar-refractivity contribution in [1.82, 2.24) is 4.98 Å². The minimum Gasteiger partial charge on any atom is -0.294 e. The van der Waals surface area contributed by atoms with Crippen molar-refractivity contribution in [3.63, 3.8) is 0 Å². The molecule has 0 aromatic carbocycles. The van der Waals surface area contributed by atoms with Crippen LogP contribution in [0.1, 0.15) is 47.3 Å². The highest BCUT2D eigenvalue weighted by Gasteiger charge is 2.22. The van der Waals surface area contributed by atoms with E-state index in [0.29, 0.717) is 12.3 Å². The molecule has 1 unspecified atom stereocenters. The van der Waals surface area contributed by atoms with E-state index < -0.39 is 0 Å². The second kappa shape index (κ2) is 2.95. The quantitative estimate of drug-likeness (QED) is 0.606. The van der Waals surface area contributed by atoms with Gasteiger partial charge in [-0.25, -0.2) is 0 Å². The minimum atomic E-state index is 0.251. The van der Waals surface area contributed by atoms with E-state index in [2.05, 4.69) is 11.9 Å². The number of nitrogens with zero attached hydrogens (tertiary/aromatic N) is 1. The first-order valence-corrected chi connectivity index (χ1v) is 4.68. The number of aromatic nitrogens is 1. The summed E-state index contributed by atoms with van der Waals surface area (Å²) in [6.07, 6.45) is 3.39. The molecule has 0 radical (unpaired) electrons. The van der Waals surface area contributed by atoms with Gasteiger partial charge in [-0.2, -0.15) is 0 Å². The van der Waals surface area contributed by atoms with Crippen molar-refractivity contribution in [3.8, 4) is 0 Å². The van der Waals surface area contributed by atoms with Crippen molar-refractivity contribution in [1.29, 1.82) is 0 Å². The van der Waals surface area contributed by atoms with Crippen LogP contribution >= 0.6 is 0 Å². The number of rotatable bonds is 0. The van der Waals surface area contributed by atoms with Gasteiger partial charge in [0, 0.05) is 23.9 Å². The third-order valence-electron chi connectivity index (χ3n) is 2.71. The van der Waals surface area contributed by atoms with Gasteiger partial charge in [-0.1, -0.05) is 6.92 Å². The van der Waals surface area contributed by atoms with Crippen LogP contribution in [0.15, 0.2) is 12.3 Å². The second-order valence-electron chi connectivity index (χ2n) is 3.78. The third-order valence-corrected chi connectivity index (χ3v) is 2.71. The molecule has 0 aliphatic heterocycles. The Morgan fingerprint density at radius 3 is 3.08 bits per heavy atom. The highest BCUT2D eigenvalue weighted by atomic mass is 16.1. The maximum absolute atomic E-state index is 11.5. The number of fused-ring (bicyclic) bond motifs is 1. The molecule has 1 atom stereocenters. The van der Waals surface area contributed by atoms with Crippen LogP contribution in [-0.4, -0.2) is 10.8 Å². The normalized spacial score (nSPS) is 21.4. The maximum Gasteiger partial charge on any atom is 0.164 e. The molecule has 0 N–H and O–H groups in total. The molecule has 13 heavy (non-hydrogen) atoms. The molecule has 1 heterocycles. The van der Waals surface area contributed by atoms with Crippen LogP contribution in [0.4, 0.5) is 0 Å². The Hall–Kier alpha value is -1.18. The highest BCUT2D eigenvalue weighted by molar-refractivity contribution is 5.98. The van der Waals surface area contributed by atoms with Crippen LogP contribution < -0.4 is 0 Å². The molecule has 0 bridgehead atoms. The monoisotopic (exact) mass is 175 g/mol. The standard InChI is InChI=1S/C11H13NO/c1-7-3-4-11(13)10-6-12-8(2)5-9(7)10/h5-7H,3-4H2,1-2H3. The van der Waals surface area contributed by atoms with Crippen LogP contribution in [0, 0.1) is 6.92 Å². The van der Waals surface area contributed by atoms with Gasteiger partial charge in [-0.05, 0) is 30.9 Å². The van der Waals surface area contributed by atoms with Gasteiger partial charge in [0.1, 0.15) is 0 Å². The lowest BCUT2D eigenvalue weighted by molar-refractivity contribution is 0.0967. The van der Waals surface area contributed by atoms with E-state index in [9.17, 15) is 4.79 Å². The topological polar surface area (TPSA) is 30.0 Å². The van der Waals surface area contributed by atoms with Gasteiger partial charge in [0.25, 0.3) is 0 Å². The lowest BCUT2D eigenvalue weighted by atomic mass is 9.84. The minimum absolute atomic E-state index is 0.251. The molecule has 1 aromatic rings. The maximum atomic E-state index is 11.5. The van der Waals surface area contributed by atoms with E-state index in [0.717, 1.165) is 17.7 Å². The van der Waals surface area contributed by atoms with E-state index in [-0.39, 0.29) is 5.78 Å². The fourth-order valence-electron chi connectivity index (χ4n) is 1.86. The average Bonchev–Trinajstić information content (AvgIpc) is 2.12. The number of aryl methyl sites for hydroxylation is 1. The zero-order valence-corrected chi connectivity index (χ0v) is 8.00. The Balaban J connectivity index is 2.57. The number of hydrogen-bond donors (Lipinski definition) is 0. The van der Waals surface area contributed by atoms with Crippen molar-refractivity contribution in [2.24, 2.45) is 0 Å². The van der Waals surface area contributed by atoms with Gasteiger partial charge in [-0.15, -0.1) is 0 Å². The Bertz CT molecular complexity index is 357. The Morgan fingerprint density at radius 2 is 2.31 bits per heavy atom. The van der Waals surface area contributed by atoms with Gasteiger partial charge in [0.15, 0.2) is 5.78 Å². The van der Waals surface area contributed by atoms with Crippen LogP contribution in [-0.2, 0) is 0 Å². The Labute approximate surface area is 78.0 Å².